The fourth-order valence-corrected chi connectivity index (χ4v) is 3.39. The number of nitrogens with zero attached hydrogens (tertiary/aromatic N) is 1. The third kappa shape index (κ3) is 5.96. The predicted octanol–water partition coefficient (Wildman–Crippen LogP) is 2.52. The van der Waals surface area contributed by atoms with Gasteiger partial charge in [-0.3, -0.25) is 4.79 Å². The number of halogens is 1. The summed E-state index contributed by atoms with van der Waals surface area (Å²) in [5.74, 6) is 0.559. The number of rotatable bonds is 9. The molecule has 0 atom stereocenters. The lowest BCUT2D eigenvalue weighted by molar-refractivity contribution is -0.121. The zero-order chi connectivity index (χ0) is 18.3. The molecule has 1 amide bonds. The Bertz CT molecular complexity index is 662. The first-order valence-electron chi connectivity index (χ1n) is 7.83. The summed E-state index contributed by atoms with van der Waals surface area (Å²) in [7, 11) is -2.43. The van der Waals surface area contributed by atoms with Gasteiger partial charge in [-0.25, -0.2) is 8.42 Å². The second kappa shape index (κ2) is 9.25. The Labute approximate surface area is 149 Å². The number of carbonyl (C=O) groups excluding carboxylic acids is 1. The zero-order valence-corrected chi connectivity index (χ0v) is 16.1. The van der Waals surface area contributed by atoms with Crippen molar-refractivity contribution in [1.82, 2.24) is 9.62 Å². The van der Waals surface area contributed by atoms with Gasteiger partial charge >= 0.3 is 0 Å². The van der Waals surface area contributed by atoms with Crippen molar-refractivity contribution in [2.75, 3.05) is 26.7 Å². The highest BCUT2D eigenvalue weighted by atomic mass is 35.5. The lowest BCUT2D eigenvalue weighted by Crippen LogP contribution is -2.38. The molecule has 0 aliphatic heterocycles. The maximum atomic E-state index is 12.5. The lowest BCUT2D eigenvalue weighted by atomic mass is 10.1. The molecule has 0 aliphatic carbocycles. The number of nitrogens with one attached hydrogen (secondary N) is 1. The molecule has 0 unspecified atom stereocenters. The molecule has 1 aromatic rings. The monoisotopic (exact) mass is 376 g/mol. The van der Waals surface area contributed by atoms with Crippen molar-refractivity contribution in [1.29, 1.82) is 0 Å². The fraction of sp³-hybridized carbons (Fsp3) is 0.562. The average molecular weight is 377 g/mol. The molecule has 0 fully saturated rings. The predicted molar refractivity (Wildman–Crippen MR) is 94.9 cm³/mol. The second-order valence-electron chi connectivity index (χ2n) is 5.82. The van der Waals surface area contributed by atoms with Crippen molar-refractivity contribution < 1.29 is 17.9 Å². The summed E-state index contributed by atoms with van der Waals surface area (Å²) in [5, 5.41) is 2.93. The molecule has 136 valence electrons. The molecule has 0 heterocycles. The van der Waals surface area contributed by atoms with Gasteiger partial charge in [-0.1, -0.05) is 25.4 Å². The minimum absolute atomic E-state index is 0.0217. The molecule has 0 saturated heterocycles. The molecular weight excluding hydrogens is 352 g/mol. The first-order chi connectivity index (χ1) is 11.2. The Balaban J connectivity index is 2.76. The van der Waals surface area contributed by atoms with Gasteiger partial charge in [0.15, 0.2) is 0 Å². The van der Waals surface area contributed by atoms with Crippen LogP contribution in [0.1, 0.15) is 27.2 Å². The molecule has 8 heteroatoms. The van der Waals surface area contributed by atoms with E-state index in [1.807, 2.05) is 6.92 Å². The molecule has 0 bridgehead atoms. The molecule has 0 aromatic heterocycles. The van der Waals surface area contributed by atoms with E-state index in [0.29, 0.717) is 24.8 Å². The van der Waals surface area contributed by atoms with Crippen molar-refractivity contribution in [2.45, 2.75) is 32.1 Å². The van der Waals surface area contributed by atoms with Gasteiger partial charge in [0.2, 0.25) is 15.9 Å². The van der Waals surface area contributed by atoms with Crippen LogP contribution >= 0.6 is 11.6 Å². The van der Waals surface area contributed by atoms with E-state index in [-0.39, 0.29) is 22.4 Å². The van der Waals surface area contributed by atoms with E-state index in [4.69, 9.17) is 16.3 Å². The summed E-state index contributed by atoms with van der Waals surface area (Å²) in [6.45, 7) is 6.64. The first-order valence-corrected chi connectivity index (χ1v) is 9.65. The van der Waals surface area contributed by atoms with Crippen LogP contribution in [0.25, 0.3) is 0 Å². The number of likely N-dealkylation sites (N-methyl/N-ethyl adjacent to an activating group) is 1. The highest BCUT2D eigenvalue weighted by molar-refractivity contribution is 7.89. The SMILES string of the molecule is CCOc1ccc(S(=O)(=O)N(C)CC(=O)NCCC(C)C)cc1Cl. The third-order valence-electron chi connectivity index (χ3n) is 3.32. The lowest BCUT2D eigenvalue weighted by Gasteiger charge is -2.18. The van der Waals surface area contributed by atoms with Crippen LogP contribution in [0.2, 0.25) is 5.02 Å². The number of hydrogen-bond donors (Lipinski definition) is 1. The molecule has 0 saturated carbocycles. The van der Waals surface area contributed by atoms with Gasteiger partial charge in [-0.15, -0.1) is 0 Å². The van der Waals surface area contributed by atoms with E-state index in [1.54, 1.807) is 0 Å². The summed E-state index contributed by atoms with van der Waals surface area (Å²) >= 11 is 6.04. The Morgan fingerprint density at radius 2 is 2.04 bits per heavy atom. The molecule has 1 aromatic carbocycles. The highest BCUT2D eigenvalue weighted by Crippen LogP contribution is 2.28. The smallest absolute Gasteiger partial charge is 0.243 e. The summed E-state index contributed by atoms with van der Waals surface area (Å²) in [4.78, 5) is 11.9. The topological polar surface area (TPSA) is 75.7 Å². The Morgan fingerprint density at radius 1 is 1.38 bits per heavy atom. The Kier molecular flexibility index (Phi) is 7.99. The number of ether oxygens (including phenoxy) is 1. The number of hydrogen-bond acceptors (Lipinski definition) is 4. The van der Waals surface area contributed by atoms with Crippen LogP contribution in [-0.4, -0.2) is 45.4 Å². The molecule has 24 heavy (non-hydrogen) atoms. The molecule has 1 rings (SSSR count). The largest absolute Gasteiger partial charge is 0.492 e. The standard InChI is InChI=1S/C16H25ClN2O4S/c1-5-23-15-7-6-13(10-14(15)17)24(21,22)19(4)11-16(20)18-9-8-12(2)3/h6-7,10,12H,5,8-9,11H2,1-4H3,(H,18,20). The van der Waals surface area contributed by atoms with Crippen LogP contribution in [0.4, 0.5) is 0 Å². The van der Waals surface area contributed by atoms with Gasteiger partial charge in [-0.2, -0.15) is 4.31 Å². The molecule has 1 N–H and O–H groups in total. The van der Waals surface area contributed by atoms with Gasteiger partial charge in [0.25, 0.3) is 0 Å². The minimum Gasteiger partial charge on any atom is -0.492 e. The minimum atomic E-state index is -3.80. The number of amides is 1. The first kappa shape index (κ1) is 20.7. The second-order valence-corrected chi connectivity index (χ2v) is 8.27. The van der Waals surface area contributed by atoms with Gasteiger partial charge < -0.3 is 10.1 Å². The van der Waals surface area contributed by atoms with Gasteiger partial charge in [0.1, 0.15) is 5.75 Å². The maximum Gasteiger partial charge on any atom is 0.243 e. The maximum absolute atomic E-state index is 12.5. The van der Waals surface area contributed by atoms with Crippen LogP contribution in [0.5, 0.6) is 5.75 Å². The summed E-state index contributed by atoms with van der Waals surface area (Å²) in [5.41, 5.74) is 0. The van der Waals surface area contributed by atoms with Crippen LogP contribution in [0.15, 0.2) is 23.1 Å². The molecule has 0 spiro atoms. The van der Waals surface area contributed by atoms with Gasteiger partial charge in [-0.05, 0) is 37.5 Å². The van der Waals surface area contributed by atoms with E-state index in [9.17, 15) is 13.2 Å². The summed E-state index contributed by atoms with van der Waals surface area (Å²) in [6.07, 6.45) is 0.844. The molecule has 0 radical (unpaired) electrons. The van der Waals surface area contributed by atoms with Crippen molar-refractivity contribution >= 4 is 27.5 Å². The van der Waals surface area contributed by atoms with Crippen LogP contribution < -0.4 is 10.1 Å². The van der Waals surface area contributed by atoms with Crippen LogP contribution in [0.3, 0.4) is 0 Å². The average Bonchev–Trinajstić information content (AvgIpc) is 2.48. The van der Waals surface area contributed by atoms with Crippen LogP contribution in [0, 0.1) is 5.92 Å². The molecule has 6 nitrogen and oxygen atoms in total. The van der Waals surface area contributed by atoms with Crippen molar-refractivity contribution in [3.8, 4) is 5.75 Å². The number of carbonyl (C=O) groups is 1. The molecular formula is C16H25ClN2O4S. The Hall–Kier alpha value is -1.31. The summed E-state index contributed by atoms with van der Waals surface area (Å²) in [6, 6.07) is 4.25. The van der Waals surface area contributed by atoms with E-state index < -0.39 is 10.0 Å². The van der Waals surface area contributed by atoms with E-state index in [1.165, 1.54) is 25.2 Å². The van der Waals surface area contributed by atoms with Crippen molar-refractivity contribution in [3.05, 3.63) is 23.2 Å². The van der Waals surface area contributed by atoms with Crippen molar-refractivity contribution in [2.24, 2.45) is 5.92 Å². The van der Waals surface area contributed by atoms with Gasteiger partial charge in [0, 0.05) is 13.6 Å². The zero-order valence-electron chi connectivity index (χ0n) is 14.5. The van der Waals surface area contributed by atoms with Crippen LogP contribution in [-0.2, 0) is 14.8 Å². The van der Waals surface area contributed by atoms with E-state index in [0.717, 1.165) is 10.7 Å². The van der Waals surface area contributed by atoms with Gasteiger partial charge in [0.05, 0.1) is 23.1 Å². The third-order valence-corrected chi connectivity index (χ3v) is 5.42. The molecule has 0 aliphatic rings. The fourth-order valence-electron chi connectivity index (χ4n) is 1.94. The quantitative estimate of drug-likeness (QED) is 0.718. The van der Waals surface area contributed by atoms with E-state index >= 15 is 0 Å². The van der Waals surface area contributed by atoms with Crippen molar-refractivity contribution in [3.63, 3.8) is 0 Å². The number of benzene rings is 1. The number of sulfonamides is 1. The highest BCUT2D eigenvalue weighted by Gasteiger charge is 2.23. The normalized spacial score (nSPS) is 11.8. The summed E-state index contributed by atoms with van der Waals surface area (Å²) < 4.78 is 31.3. The Morgan fingerprint density at radius 3 is 2.58 bits per heavy atom. The van der Waals surface area contributed by atoms with E-state index in [2.05, 4.69) is 19.2 Å².